The van der Waals surface area contributed by atoms with Gasteiger partial charge in [-0.25, -0.2) is 4.79 Å². The van der Waals surface area contributed by atoms with Crippen molar-refractivity contribution >= 4 is 11.9 Å². The molecular weight excluding hydrogens is 194 g/mol. The Hall–Kier alpha value is -1.26. The van der Waals surface area contributed by atoms with Crippen LogP contribution in [0.4, 0.5) is 4.79 Å². The van der Waals surface area contributed by atoms with Crippen LogP contribution in [0, 0.1) is 0 Å². The first-order chi connectivity index (χ1) is 7.02. The minimum atomic E-state index is -0.137. The van der Waals surface area contributed by atoms with E-state index >= 15 is 0 Å². The molecular formula is C10H19N3O2. The van der Waals surface area contributed by atoms with Crippen LogP contribution in [0.15, 0.2) is 0 Å². The zero-order chi connectivity index (χ0) is 11.4. The number of carbonyl (C=O) groups is 2. The Balaban J connectivity index is 2.40. The molecule has 1 saturated heterocycles. The van der Waals surface area contributed by atoms with Crippen molar-refractivity contribution in [3.8, 4) is 0 Å². The number of amides is 3. The largest absolute Gasteiger partial charge is 0.341 e. The molecule has 1 aliphatic heterocycles. The average molecular weight is 213 g/mol. The molecule has 15 heavy (non-hydrogen) atoms. The third-order valence-electron chi connectivity index (χ3n) is 2.54. The molecule has 1 rings (SSSR count). The second-order valence-corrected chi connectivity index (χ2v) is 4.12. The molecule has 1 heterocycles. The molecule has 0 aliphatic carbocycles. The molecule has 5 nitrogen and oxygen atoms in total. The summed E-state index contributed by atoms with van der Waals surface area (Å²) in [7, 11) is 5.01. The smallest absolute Gasteiger partial charge is 0.319 e. The molecule has 0 spiro atoms. The van der Waals surface area contributed by atoms with E-state index in [0.29, 0.717) is 0 Å². The number of likely N-dealkylation sites (tertiary alicyclic amines) is 1. The van der Waals surface area contributed by atoms with Gasteiger partial charge in [-0.05, 0) is 12.8 Å². The Labute approximate surface area is 90.6 Å². The monoisotopic (exact) mass is 213 g/mol. The lowest BCUT2D eigenvalue weighted by Crippen LogP contribution is -2.43. The Morgan fingerprint density at radius 2 is 1.67 bits per heavy atom. The summed E-state index contributed by atoms with van der Waals surface area (Å²) in [6, 6.07) is -0.137. The van der Waals surface area contributed by atoms with Crippen molar-refractivity contribution in [3.63, 3.8) is 0 Å². The van der Waals surface area contributed by atoms with E-state index in [4.69, 9.17) is 0 Å². The highest BCUT2D eigenvalue weighted by molar-refractivity contribution is 5.83. The molecule has 0 saturated carbocycles. The van der Waals surface area contributed by atoms with Crippen LogP contribution in [0.3, 0.4) is 0 Å². The number of nitrogens with zero attached hydrogens (tertiary/aromatic N) is 3. The van der Waals surface area contributed by atoms with E-state index in [1.54, 1.807) is 21.1 Å². The lowest BCUT2D eigenvalue weighted by atomic mass is 10.4. The molecule has 0 aromatic heterocycles. The van der Waals surface area contributed by atoms with Gasteiger partial charge in [-0.2, -0.15) is 0 Å². The fourth-order valence-corrected chi connectivity index (χ4v) is 1.68. The summed E-state index contributed by atoms with van der Waals surface area (Å²) in [6.45, 7) is 1.85. The van der Waals surface area contributed by atoms with Crippen LogP contribution in [0.25, 0.3) is 0 Å². The van der Waals surface area contributed by atoms with Gasteiger partial charge in [-0.1, -0.05) is 0 Å². The molecule has 0 aromatic carbocycles. The van der Waals surface area contributed by atoms with Crippen LogP contribution < -0.4 is 0 Å². The molecule has 5 heteroatoms. The Morgan fingerprint density at radius 1 is 1.13 bits per heavy atom. The van der Waals surface area contributed by atoms with Crippen LogP contribution in [-0.2, 0) is 4.79 Å². The maximum atomic E-state index is 11.7. The van der Waals surface area contributed by atoms with Crippen molar-refractivity contribution in [2.75, 3.05) is 40.8 Å². The van der Waals surface area contributed by atoms with Crippen LogP contribution in [0.2, 0.25) is 0 Å². The quantitative estimate of drug-likeness (QED) is 0.658. The fourth-order valence-electron chi connectivity index (χ4n) is 1.68. The minimum Gasteiger partial charge on any atom is -0.341 e. The summed E-state index contributed by atoms with van der Waals surface area (Å²) in [6.07, 6.45) is 2.16. The number of hydrogen-bond donors (Lipinski definition) is 0. The number of likely N-dealkylation sites (N-methyl/N-ethyl adjacent to an activating group) is 1. The van der Waals surface area contributed by atoms with Crippen LogP contribution in [0.5, 0.6) is 0 Å². The molecule has 0 bridgehead atoms. The normalized spacial score (nSPS) is 15.3. The fraction of sp³-hybridized carbons (Fsp3) is 0.800. The third kappa shape index (κ3) is 3.11. The first-order valence-corrected chi connectivity index (χ1v) is 5.22. The van der Waals surface area contributed by atoms with Crippen LogP contribution in [0.1, 0.15) is 12.8 Å². The van der Waals surface area contributed by atoms with Gasteiger partial charge in [0.1, 0.15) is 6.54 Å². The number of hydrogen-bond acceptors (Lipinski definition) is 2. The first kappa shape index (κ1) is 11.8. The highest BCUT2D eigenvalue weighted by atomic mass is 16.2. The summed E-state index contributed by atoms with van der Waals surface area (Å²) >= 11 is 0. The topological polar surface area (TPSA) is 43.9 Å². The standard InChI is InChI=1S/C10H19N3O2/c1-11(2)10(15)12(3)8-9(14)13-6-4-5-7-13/h4-8H2,1-3H3. The van der Waals surface area contributed by atoms with E-state index in [1.807, 2.05) is 4.90 Å². The summed E-state index contributed by atoms with van der Waals surface area (Å²) in [5, 5.41) is 0. The van der Waals surface area contributed by atoms with Crippen molar-refractivity contribution < 1.29 is 9.59 Å². The van der Waals surface area contributed by atoms with Crippen LogP contribution >= 0.6 is 0 Å². The number of carbonyl (C=O) groups excluding carboxylic acids is 2. The van der Waals surface area contributed by atoms with Gasteiger partial charge in [0, 0.05) is 34.2 Å². The molecule has 1 aliphatic rings. The lowest BCUT2D eigenvalue weighted by molar-refractivity contribution is -0.130. The lowest BCUT2D eigenvalue weighted by Gasteiger charge is -2.23. The average Bonchev–Trinajstić information content (AvgIpc) is 2.68. The maximum Gasteiger partial charge on any atom is 0.319 e. The summed E-state index contributed by atoms with van der Waals surface area (Å²) in [5.74, 6) is 0.0465. The van der Waals surface area contributed by atoms with Crippen molar-refractivity contribution in [1.29, 1.82) is 0 Å². The highest BCUT2D eigenvalue weighted by Gasteiger charge is 2.21. The second kappa shape index (κ2) is 5.00. The third-order valence-corrected chi connectivity index (χ3v) is 2.54. The van der Waals surface area contributed by atoms with E-state index in [-0.39, 0.29) is 18.5 Å². The second-order valence-electron chi connectivity index (χ2n) is 4.12. The van der Waals surface area contributed by atoms with Crippen molar-refractivity contribution in [1.82, 2.24) is 14.7 Å². The summed E-state index contributed by atoms with van der Waals surface area (Å²) in [5.41, 5.74) is 0. The highest BCUT2D eigenvalue weighted by Crippen LogP contribution is 2.07. The van der Waals surface area contributed by atoms with Crippen molar-refractivity contribution in [2.45, 2.75) is 12.8 Å². The van der Waals surface area contributed by atoms with E-state index in [1.165, 1.54) is 9.80 Å². The van der Waals surface area contributed by atoms with Gasteiger partial charge in [0.15, 0.2) is 0 Å². The zero-order valence-electron chi connectivity index (χ0n) is 9.69. The van der Waals surface area contributed by atoms with E-state index in [2.05, 4.69) is 0 Å². The molecule has 0 unspecified atom stereocenters. The minimum absolute atomic E-state index is 0.0465. The number of rotatable bonds is 2. The van der Waals surface area contributed by atoms with Gasteiger partial charge in [0.2, 0.25) is 5.91 Å². The van der Waals surface area contributed by atoms with Gasteiger partial charge >= 0.3 is 6.03 Å². The maximum absolute atomic E-state index is 11.7. The predicted octanol–water partition coefficient (Wildman–Crippen LogP) is 0.222. The van der Waals surface area contributed by atoms with Crippen LogP contribution in [-0.4, -0.2) is 67.4 Å². The molecule has 1 fully saturated rings. The SMILES string of the molecule is CN(C)C(=O)N(C)CC(=O)N1CCCC1. The Bertz CT molecular complexity index is 247. The van der Waals surface area contributed by atoms with Gasteiger partial charge in [-0.3, -0.25) is 4.79 Å². The van der Waals surface area contributed by atoms with Gasteiger partial charge in [0.05, 0.1) is 0 Å². The molecule has 0 N–H and O–H groups in total. The first-order valence-electron chi connectivity index (χ1n) is 5.22. The summed E-state index contributed by atoms with van der Waals surface area (Å²) in [4.78, 5) is 27.9. The van der Waals surface area contributed by atoms with Gasteiger partial charge in [0.25, 0.3) is 0 Å². The summed E-state index contributed by atoms with van der Waals surface area (Å²) < 4.78 is 0. The van der Waals surface area contributed by atoms with Gasteiger partial charge < -0.3 is 14.7 Å². The van der Waals surface area contributed by atoms with E-state index in [0.717, 1.165) is 25.9 Å². The van der Waals surface area contributed by atoms with Gasteiger partial charge in [-0.15, -0.1) is 0 Å². The van der Waals surface area contributed by atoms with E-state index < -0.39 is 0 Å². The Morgan fingerprint density at radius 3 is 2.13 bits per heavy atom. The van der Waals surface area contributed by atoms with E-state index in [9.17, 15) is 9.59 Å². The zero-order valence-corrected chi connectivity index (χ0v) is 9.69. The van der Waals surface area contributed by atoms with Crippen molar-refractivity contribution in [2.24, 2.45) is 0 Å². The predicted molar refractivity (Wildman–Crippen MR) is 57.5 cm³/mol. The van der Waals surface area contributed by atoms with Crippen molar-refractivity contribution in [3.05, 3.63) is 0 Å². The molecule has 0 aromatic rings. The number of urea groups is 1. The molecule has 0 atom stereocenters. The molecule has 86 valence electrons. The Kier molecular flexibility index (Phi) is 3.94. The molecule has 3 amide bonds. The molecule has 0 radical (unpaired) electrons.